The van der Waals surface area contributed by atoms with E-state index in [9.17, 15) is 13.2 Å². The summed E-state index contributed by atoms with van der Waals surface area (Å²) in [6, 6.07) is 7.11. The number of para-hydroxylation sites is 1. The number of hydrogen-bond acceptors (Lipinski definition) is 6. The lowest BCUT2D eigenvalue weighted by atomic mass is 10.1. The molecule has 1 N–H and O–H groups in total. The lowest BCUT2D eigenvalue weighted by molar-refractivity contribution is -0.139. The predicted octanol–water partition coefficient (Wildman–Crippen LogP) is 1.00. The number of carboxylic acid groups (broad SMARTS) is 1. The van der Waals surface area contributed by atoms with E-state index in [1.54, 1.807) is 29.1 Å². The zero-order valence-electron chi connectivity index (χ0n) is 14.3. The van der Waals surface area contributed by atoms with Gasteiger partial charge in [-0.3, -0.25) is 0 Å². The second-order valence-corrected chi connectivity index (χ2v) is 8.14. The van der Waals surface area contributed by atoms with E-state index in [0.717, 1.165) is 0 Å². The largest absolute Gasteiger partial charge is 0.481 e. The van der Waals surface area contributed by atoms with Crippen molar-refractivity contribution in [3.05, 3.63) is 30.5 Å². The number of nitrogens with zero attached hydrogens (tertiary/aromatic N) is 4. The van der Waals surface area contributed by atoms with Crippen molar-refractivity contribution in [1.82, 2.24) is 19.3 Å². The minimum Gasteiger partial charge on any atom is -0.481 e. The molecule has 0 atom stereocenters. The molecule has 9 nitrogen and oxygen atoms in total. The van der Waals surface area contributed by atoms with E-state index in [-0.39, 0.29) is 6.04 Å². The van der Waals surface area contributed by atoms with Crippen molar-refractivity contribution in [2.45, 2.75) is 18.9 Å². The smallest absolute Gasteiger partial charge is 0.341 e. The number of ether oxygens (including phenoxy) is 1. The topological polar surface area (TPSA) is 115 Å². The zero-order chi connectivity index (χ0) is 18.7. The summed E-state index contributed by atoms with van der Waals surface area (Å²) in [5, 5.41) is 17.1. The molecule has 2 aromatic rings. The van der Waals surface area contributed by atoms with Gasteiger partial charge in [0.1, 0.15) is 11.4 Å². The van der Waals surface area contributed by atoms with Crippen LogP contribution < -0.4 is 4.74 Å². The molecule has 1 aromatic carbocycles. The first kappa shape index (κ1) is 18.3. The molecule has 1 fully saturated rings. The third-order valence-corrected chi connectivity index (χ3v) is 5.59. The predicted molar refractivity (Wildman–Crippen MR) is 93.3 cm³/mol. The molecule has 0 saturated carbocycles. The van der Waals surface area contributed by atoms with Gasteiger partial charge in [-0.25, -0.2) is 22.2 Å². The number of carboxylic acids is 1. The van der Waals surface area contributed by atoms with Crippen LogP contribution in [-0.4, -0.2) is 64.7 Å². The monoisotopic (exact) mass is 380 g/mol. The van der Waals surface area contributed by atoms with Gasteiger partial charge in [-0.15, -0.1) is 5.10 Å². The molecule has 0 spiro atoms. The van der Waals surface area contributed by atoms with Crippen molar-refractivity contribution in [1.29, 1.82) is 0 Å². The number of benzene rings is 1. The van der Waals surface area contributed by atoms with Crippen molar-refractivity contribution in [2.75, 3.05) is 26.0 Å². The van der Waals surface area contributed by atoms with Crippen LogP contribution in [0.5, 0.6) is 5.75 Å². The van der Waals surface area contributed by atoms with Crippen molar-refractivity contribution in [2.24, 2.45) is 0 Å². The van der Waals surface area contributed by atoms with E-state index in [4.69, 9.17) is 9.84 Å². The molecule has 1 aromatic heterocycles. The van der Waals surface area contributed by atoms with Crippen LogP contribution in [0.4, 0.5) is 0 Å². The third-order valence-electron chi connectivity index (χ3n) is 4.29. The first-order valence-electron chi connectivity index (χ1n) is 8.15. The quantitative estimate of drug-likeness (QED) is 0.795. The highest BCUT2D eigenvalue weighted by Crippen LogP contribution is 2.30. The van der Waals surface area contributed by atoms with E-state index < -0.39 is 22.6 Å². The summed E-state index contributed by atoms with van der Waals surface area (Å²) in [4.78, 5) is 10.7. The first-order valence-corrected chi connectivity index (χ1v) is 10.0. The standard InChI is InChI=1S/C16H20N4O5S/c1-26(23,24)19-8-6-12(7-9-19)20-10-14(17-18-20)13-4-2-3-5-15(13)25-11-16(21)22/h2-5,10,12H,6-9,11H2,1H3,(H,21,22). The minimum absolute atomic E-state index is 0.0707. The molecule has 2 heterocycles. The van der Waals surface area contributed by atoms with Crippen LogP contribution in [0.15, 0.2) is 30.5 Å². The molecule has 1 aliphatic heterocycles. The summed E-state index contributed by atoms with van der Waals surface area (Å²) in [5.74, 6) is -0.630. The molecule has 1 saturated heterocycles. The van der Waals surface area contributed by atoms with Crippen LogP contribution in [0.3, 0.4) is 0 Å². The summed E-state index contributed by atoms with van der Waals surface area (Å²) in [6.45, 7) is 0.475. The highest BCUT2D eigenvalue weighted by Gasteiger charge is 2.26. The Kier molecular flexibility index (Phi) is 5.23. The average molecular weight is 380 g/mol. The second-order valence-electron chi connectivity index (χ2n) is 6.16. The third kappa shape index (κ3) is 4.20. The van der Waals surface area contributed by atoms with E-state index in [2.05, 4.69) is 10.3 Å². The highest BCUT2D eigenvalue weighted by atomic mass is 32.2. The summed E-state index contributed by atoms with van der Waals surface area (Å²) in [5.41, 5.74) is 1.24. The molecule has 0 unspecified atom stereocenters. The fourth-order valence-corrected chi connectivity index (χ4v) is 3.83. The SMILES string of the molecule is CS(=O)(=O)N1CCC(n2cc(-c3ccccc3OCC(=O)O)nn2)CC1. The Morgan fingerprint density at radius 3 is 2.65 bits per heavy atom. The van der Waals surface area contributed by atoms with E-state index >= 15 is 0 Å². The number of aromatic nitrogens is 3. The number of hydrogen-bond donors (Lipinski definition) is 1. The van der Waals surface area contributed by atoms with Gasteiger partial charge in [0.15, 0.2) is 6.61 Å². The molecule has 3 rings (SSSR count). The molecule has 10 heteroatoms. The summed E-state index contributed by atoms with van der Waals surface area (Å²) in [6.07, 6.45) is 4.32. The van der Waals surface area contributed by atoms with Gasteiger partial charge in [0.25, 0.3) is 0 Å². The van der Waals surface area contributed by atoms with Crippen molar-refractivity contribution < 1.29 is 23.1 Å². The highest BCUT2D eigenvalue weighted by molar-refractivity contribution is 7.88. The molecule has 1 aliphatic rings. The zero-order valence-corrected chi connectivity index (χ0v) is 15.1. The summed E-state index contributed by atoms with van der Waals surface area (Å²) >= 11 is 0. The Morgan fingerprint density at radius 1 is 1.31 bits per heavy atom. The second kappa shape index (κ2) is 7.42. The molecular formula is C16H20N4O5S. The van der Waals surface area contributed by atoms with E-state index in [1.807, 2.05) is 6.07 Å². The molecule has 0 bridgehead atoms. The van der Waals surface area contributed by atoms with Gasteiger partial charge < -0.3 is 9.84 Å². The lowest BCUT2D eigenvalue weighted by Gasteiger charge is -2.29. The van der Waals surface area contributed by atoms with E-state index in [1.165, 1.54) is 10.6 Å². The van der Waals surface area contributed by atoms with E-state index in [0.29, 0.717) is 42.9 Å². The lowest BCUT2D eigenvalue weighted by Crippen LogP contribution is -2.38. The maximum Gasteiger partial charge on any atom is 0.341 e. The number of sulfonamides is 1. The van der Waals surface area contributed by atoms with Crippen LogP contribution >= 0.6 is 0 Å². The Hall–Kier alpha value is -2.46. The summed E-state index contributed by atoms with van der Waals surface area (Å²) in [7, 11) is -3.16. The molecular weight excluding hydrogens is 360 g/mol. The fourth-order valence-electron chi connectivity index (χ4n) is 2.96. The van der Waals surface area contributed by atoms with Crippen molar-refractivity contribution >= 4 is 16.0 Å². The van der Waals surface area contributed by atoms with Gasteiger partial charge in [0.2, 0.25) is 10.0 Å². The number of aliphatic carboxylic acids is 1. The van der Waals surface area contributed by atoms with Crippen molar-refractivity contribution in [3.8, 4) is 17.0 Å². The van der Waals surface area contributed by atoms with Gasteiger partial charge in [-0.1, -0.05) is 17.3 Å². The molecule has 0 aliphatic carbocycles. The Morgan fingerprint density at radius 2 is 2.00 bits per heavy atom. The fraction of sp³-hybridized carbons (Fsp3) is 0.438. The van der Waals surface area contributed by atoms with Gasteiger partial charge in [0.05, 0.1) is 18.5 Å². The number of rotatable bonds is 6. The van der Waals surface area contributed by atoms with Crippen LogP contribution in [0.1, 0.15) is 18.9 Å². The minimum atomic E-state index is -3.16. The number of piperidine rings is 1. The van der Waals surface area contributed by atoms with Crippen LogP contribution in [0, 0.1) is 0 Å². The van der Waals surface area contributed by atoms with Crippen LogP contribution in [-0.2, 0) is 14.8 Å². The van der Waals surface area contributed by atoms with Gasteiger partial charge in [-0.2, -0.15) is 0 Å². The Balaban J connectivity index is 1.74. The van der Waals surface area contributed by atoms with Crippen LogP contribution in [0.2, 0.25) is 0 Å². The van der Waals surface area contributed by atoms with Crippen LogP contribution in [0.25, 0.3) is 11.3 Å². The average Bonchev–Trinajstić information content (AvgIpc) is 3.09. The van der Waals surface area contributed by atoms with Gasteiger partial charge >= 0.3 is 5.97 Å². The first-order chi connectivity index (χ1) is 12.3. The molecule has 26 heavy (non-hydrogen) atoms. The molecule has 0 amide bonds. The molecule has 0 radical (unpaired) electrons. The maximum atomic E-state index is 11.6. The maximum absolute atomic E-state index is 11.6. The van der Waals surface area contributed by atoms with Gasteiger partial charge in [0, 0.05) is 18.7 Å². The summed E-state index contributed by atoms with van der Waals surface area (Å²) < 4.78 is 31.7. The Labute approximate surface area is 151 Å². The van der Waals surface area contributed by atoms with Crippen molar-refractivity contribution in [3.63, 3.8) is 0 Å². The normalized spacial score (nSPS) is 16.5. The van der Waals surface area contributed by atoms with Gasteiger partial charge in [-0.05, 0) is 25.0 Å². The number of carbonyl (C=O) groups is 1. The Bertz CT molecular complexity index is 888. The molecule has 140 valence electrons.